The van der Waals surface area contributed by atoms with Crippen LogP contribution in [0.2, 0.25) is 0 Å². The number of nitrogens with zero attached hydrogens (tertiary/aromatic N) is 1. The second kappa shape index (κ2) is 5.12. The van der Waals surface area contributed by atoms with Crippen molar-refractivity contribution in [1.29, 1.82) is 0 Å². The van der Waals surface area contributed by atoms with E-state index >= 15 is 0 Å². The van der Waals surface area contributed by atoms with E-state index in [0.717, 1.165) is 25.7 Å². The van der Waals surface area contributed by atoms with Gasteiger partial charge in [-0.1, -0.05) is 18.0 Å². The molecule has 1 amide bonds. The van der Waals surface area contributed by atoms with E-state index in [-0.39, 0.29) is 23.6 Å². The van der Waals surface area contributed by atoms with E-state index in [9.17, 15) is 9.90 Å². The Morgan fingerprint density at radius 2 is 2.38 bits per heavy atom. The molecule has 2 atom stereocenters. The van der Waals surface area contributed by atoms with E-state index in [1.54, 1.807) is 0 Å². The van der Waals surface area contributed by atoms with Gasteiger partial charge in [-0.2, -0.15) is 0 Å². The lowest BCUT2D eigenvalue weighted by Gasteiger charge is -2.27. The van der Waals surface area contributed by atoms with Crippen molar-refractivity contribution in [2.24, 2.45) is 5.92 Å². The molecule has 2 rings (SSSR count). The number of aromatic nitrogens is 1. The van der Waals surface area contributed by atoms with Gasteiger partial charge in [0.15, 0.2) is 5.69 Å². The lowest BCUT2D eigenvalue weighted by molar-refractivity contribution is 0.0661. The maximum Gasteiger partial charge on any atom is 0.273 e. The highest BCUT2D eigenvalue weighted by Gasteiger charge is 2.23. The van der Waals surface area contributed by atoms with E-state index in [2.05, 4.69) is 15.0 Å². The Kier molecular flexibility index (Phi) is 3.56. The van der Waals surface area contributed by atoms with Gasteiger partial charge in [0.1, 0.15) is 6.26 Å². The van der Waals surface area contributed by atoms with Crippen LogP contribution in [0.4, 0.5) is 0 Å². The molecule has 5 nitrogen and oxygen atoms in total. The molecular formula is C11H16N2O3. The summed E-state index contributed by atoms with van der Waals surface area (Å²) < 4.78 is 4.59. The molecule has 1 aromatic rings. The normalized spacial score (nSPS) is 25.3. The predicted molar refractivity (Wildman–Crippen MR) is 56.8 cm³/mol. The van der Waals surface area contributed by atoms with Crippen molar-refractivity contribution >= 4 is 5.91 Å². The van der Waals surface area contributed by atoms with Gasteiger partial charge in [0.2, 0.25) is 0 Å². The number of hydrogen-bond acceptors (Lipinski definition) is 4. The predicted octanol–water partition coefficient (Wildman–Crippen LogP) is 0.955. The van der Waals surface area contributed by atoms with Gasteiger partial charge in [0.25, 0.3) is 5.91 Å². The third-order valence-corrected chi connectivity index (χ3v) is 3.06. The molecule has 0 aromatic carbocycles. The first-order valence-electron chi connectivity index (χ1n) is 5.64. The minimum atomic E-state index is -0.286. The smallest absolute Gasteiger partial charge is 0.273 e. The number of aliphatic hydroxyl groups excluding tert-OH is 1. The monoisotopic (exact) mass is 224 g/mol. The van der Waals surface area contributed by atoms with Gasteiger partial charge in [0, 0.05) is 18.5 Å². The molecule has 0 radical (unpaired) electrons. The molecule has 1 heterocycles. The summed E-state index contributed by atoms with van der Waals surface area (Å²) in [6.07, 6.45) is 5.09. The van der Waals surface area contributed by atoms with Gasteiger partial charge in [-0.3, -0.25) is 4.79 Å². The molecule has 1 fully saturated rings. The van der Waals surface area contributed by atoms with Crippen LogP contribution >= 0.6 is 0 Å². The van der Waals surface area contributed by atoms with Crippen molar-refractivity contribution in [3.05, 3.63) is 18.0 Å². The molecule has 0 aliphatic heterocycles. The number of rotatable bonds is 3. The van der Waals surface area contributed by atoms with Crippen LogP contribution in [0.5, 0.6) is 0 Å². The highest BCUT2D eigenvalue weighted by molar-refractivity contribution is 5.91. The summed E-state index contributed by atoms with van der Waals surface area (Å²) in [5, 5.41) is 16.0. The number of hydrogen-bond donors (Lipinski definition) is 2. The van der Waals surface area contributed by atoms with Crippen molar-refractivity contribution < 1.29 is 14.4 Å². The highest BCUT2D eigenvalue weighted by atomic mass is 16.5. The summed E-state index contributed by atoms with van der Waals surface area (Å²) in [7, 11) is 0. The quantitative estimate of drug-likeness (QED) is 0.801. The zero-order chi connectivity index (χ0) is 11.4. The molecule has 2 N–H and O–H groups in total. The Morgan fingerprint density at radius 1 is 1.56 bits per heavy atom. The van der Waals surface area contributed by atoms with Gasteiger partial charge in [0.05, 0.1) is 6.10 Å². The second-order valence-electron chi connectivity index (χ2n) is 4.21. The van der Waals surface area contributed by atoms with E-state index in [0.29, 0.717) is 6.54 Å². The van der Waals surface area contributed by atoms with Crippen molar-refractivity contribution in [3.63, 3.8) is 0 Å². The first-order valence-corrected chi connectivity index (χ1v) is 5.64. The van der Waals surface area contributed by atoms with Crippen molar-refractivity contribution in [1.82, 2.24) is 10.5 Å². The average Bonchev–Trinajstić information content (AvgIpc) is 2.81. The van der Waals surface area contributed by atoms with Gasteiger partial charge in [-0.05, 0) is 12.8 Å². The van der Waals surface area contributed by atoms with Crippen LogP contribution < -0.4 is 5.32 Å². The number of amides is 1. The van der Waals surface area contributed by atoms with Gasteiger partial charge in [-0.25, -0.2) is 0 Å². The minimum absolute atomic E-state index is 0.171. The second-order valence-corrected chi connectivity index (χ2v) is 4.21. The SMILES string of the molecule is O=C(NCC1CCCCC1O)c1ccon1. The molecule has 2 unspecified atom stereocenters. The third kappa shape index (κ3) is 2.61. The van der Waals surface area contributed by atoms with Crippen LogP contribution in [0.3, 0.4) is 0 Å². The maximum atomic E-state index is 11.5. The summed E-state index contributed by atoms with van der Waals surface area (Å²) in [5.41, 5.74) is 0.283. The summed E-state index contributed by atoms with van der Waals surface area (Å²) in [6.45, 7) is 0.507. The Hall–Kier alpha value is -1.36. The summed E-state index contributed by atoms with van der Waals surface area (Å²) in [4.78, 5) is 11.5. The molecule has 1 saturated carbocycles. The van der Waals surface area contributed by atoms with Crippen LogP contribution in [-0.2, 0) is 0 Å². The first-order chi connectivity index (χ1) is 7.77. The maximum absolute atomic E-state index is 11.5. The fourth-order valence-corrected chi connectivity index (χ4v) is 2.07. The van der Waals surface area contributed by atoms with E-state index in [1.807, 2.05) is 0 Å². The number of aliphatic hydroxyl groups is 1. The largest absolute Gasteiger partial charge is 0.393 e. The summed E-state index contributed by atoms with van der Waals surface area (Å²) in [6, 6.07) is 1.52. The molecule has 16 heavy (non-hydrogen) atoms. The molecule has 1 aromatic heterocycles. The molecular weight excluding hydrogens is 208 g/mol. The highest BCUT2D eigenvalue weighted by Crippen LogP contribution is 2.23. The minimum Gasteiger partial charge on any atom is -0.393 e. The number of carbonyl (C=O) groups excluding carboxylic acids is 1. The Morgan fingerprint density at radius 3 is 3.06 bits per heavy atom. The molecule has 0 spiro atoms. The van der Waals surface area contributed by atoms with Gasteiger partial charge < -0.3 is 14.9 Å². The third-order valence-electron chi connectivity index (χ3n) is 3.06. The van der Waals surface area contributed by atoms with Crippen LogP contribution in [0.15, 0.2) is 16.9 Å². The fourth-order valence-electron chi connectivity index (χ4n) is 2.07. The molecule has 5 heteroatoms. The van der Waals surface area contributed by atoms with E-state index < -0.39 is 0 Å². The standard InChI is InChI=1S/C11H16N2O3/c14-10-4-2-1-3-8(10)7-12-11(15)9-5-6-16-13-9/h5-6,8,10,14H,1-4,7H2,(H,12,15). The van der Waals surface area contributed by atoms with Gasteiger partial charge >= 0.3 is 0 Å². The molecule has 1 aliphatic rings. The Bertz CT molecular complexity index is 337. The van der Waals surface area contributed by atoms with E-state index in [4.69, 9.17) is 0 Å². The Labute approximate surface area is 93.8 Å². The summed E-state index contributed by atoms with van der Waals surface area (Å²) >= 11 is 0. The van der Waals surface area contributed by atoms with Gasteiger partial charge in [-0.15, -0.1) is 0 Å². The Balaban J connectivity index is 1.80. The molecule has 88 valence electrons. The van der Waals surface area contributed by atoms with Crippen LogP contribution in [0.25, 0.3) is 0 Å². The fraction of sp³-hybridized carbons (Fsp3) is 0.636. The number of nitrogens with one attached hydrogen (secondary N) is 1. The van der Waals surface area contributed by atoms with Crippen molar-refractivity contribution in [3.8, 4) is 0 Å². The van der Waals surface area contributed by atoms with Crippen molar-refractivity contribution in [2.45, 2.75) is 31.8 Å². The topological polar surface area (TPSA) is 75.4 Å². The first kappa shape index (κ1) is 11.1. The lowest BCUT2D eigenvalue weighted by Crippen LogP contribution is -2.36. The van der Waals surface area contributed by atoms with E-state index in [1.165, 1.54) is 12.3 Å². The zero-order valence-corrected chi connectivity index (χ0v) is 9.06. The lowest BCUT2D eigenvalue weighted by atomic mass is 9.86. The molecule has 0 bridgehead atoms. The number of carbonyl (C=O) groups is 1. The molecule has 0 saturated heterocycles. The van der Waals surface area contributed by atoms with Crippen LogP contribution in [0, 0.1) is 5.92 Å². The summed E-state index contributed by atoms with van der Waals surface area (Å²) in [5.74, 6) is -0.0730. The van der Waals surface area contributed by atoms with Crippen molar-refractivity contribution in [2.75, 3.05) is 6.54 Å². The van der Waals surface area contributed by atoms with Crippen LogP contribution in [0.1, 0.15) is 36.2 Å². The van der Waals surface area contributed by atoms with Crippen LogP contribution in [-0.4, -0.2) is 28.8 Å². The average molecular weight is 224 g/mol. The molecule has 1 aliphatic carbocycles. The zero-order valence-electron chi connectivity index (χ0n) is 9.06.